The molecule has 1 N–H and O–H groups in total. The van der Waals surface area contributed by atoms with Crippen LogP contribution in [0.5, 0.6) is 5.75 Å². The van der Waals surface area contributed by atoms with Crippen molar-refractivity contribution in [1.29, 1.82) is 0 Å². The van der Waals surface area contributed by atoms with Crippen LogP contribution in [-0.4, -0.2) is 21.7 Å². The van der Waals surface area contributed by atoms with Crippen LogP contribution in [0.2, 0.25) is 5.15 Å². The number of hydrogen-bond donors (Lipinski definition) is 1. The van der Waals surface area contributed by atoms with Gasteiger partial charge in [-0.15, -0.1) is 13.2 Å². The molecule has 3 aromatic heterocycles. The zero-order chi connectivity index (χ0) is 24.7. The predicted octanol–water partition coefficient (Wildman–Crippen LogP) is 6.10. The summed E-state index contributed by atoms with van der Waals surface area (Å²) >= 11 is 6.19. The number of benzene rings is 1. The lowest BCUT2D eigenvalue weighted by Gasteiger charge is -2.10. The molecule has 0 saturated carbocycles. The molecule has 0 aliphatic rings. The number of aromatic nitrogens is 2. The Labute approximate surface area is 191 Å². The van der Waals surface area contributed by atoms with Gasteiger partial charge in [0.1, 0.15) is 16.7 Å². The summed E-state index contributed by atoms with van der Waals surface area (Å²) in [6.45, 7) is -0.154. The van der Waals surface area contributed by atoms with E-state index in [1.54, 1.807) is 0 Å². The van der Waals surface area contributed by atoms with Crippen LogP contribution in [0.3, 0.4) is 0 Å². The second kappa shape index (κ2) is 8.60. The van der Waals surface area contributed by atoms with Crippen LogP contribution in [0.15, 0.2) is 59.3 Å². The Morgan fingerprint density at radius 3 is 2.41 bits per heavy atom. The van der Waals surface area contributed by atoms with Crippen LogP contribution in [-0.2, 0) is 12.7 Å². The lowest BCUT2D eigenvalue weighted by atomic mass is 10.1. The third-order valence-corrected chi connectivity index (χ3v) is 4.96. The number of furan rings is 1. The van der Waals surface area contributed by atoms with Gasteiger partial charge in [-0.25, -0.2) is 4.98 Å². The van der Waals surface area contributed by atoms with Gasteiger partial charge in [0, 0.05) is 18.3 Å². The fourth-order valence-corrected chi connectivity index (χ4v) is 3.38. The average molecular weight is 504 g/mol. The highest BCUT2D eigenvalue weighted by atomic mass is 35.5. The van der Waals surface area contributed by atoms with Gasteiger partial charge in [-0.3, -0.25) is 9.20 Å². The van der Waals surface area contributed by atoms with E-state index in [4.69, 9.17) is 16.0 Å². The summed E-state index contributed by atoms with van der Waals surface area (Å²) in [6, 6.07) is 8.48. The zero-order valence-electron chi connectivity index (χ0n) is 16.7. The molecular formula is C21H12ClF6N3O3. The second-order valence-electron chi connectivity index (χ2n) is 6.94. The van der Waals surface area contributed by atoms with Crippen LogP contribution >= 0.6 is 11.6 Å². The number of pyridine rings is 1. The number of nitrogens with zero attached hydrogens (tertiary/aromatic N) is 2. The Morgan fingerprint density at radius 2 is 1.82 bits per heavy atom. The smallest absolute Gasteiger partial charge is 0.464 e. The first-order valence-electron chi connectivity index (χ1n) is 9.38. The number of carbonyl (C=O) groups excluding carboxylic acids is 1. The van der Waals surface area contributed by atoms with Gasteiger partial charge < -0.3 is 14.5 Å². The first-order chi connectivity index (χ1) is 15.9. The van der Waals surface area contributed by atoms with Gasteiger partial charge >= 0.3 is 12.5 Å². The van der Waals surface area contributed by atoms with Crippen LogP contribution in [0, 0.1) is 0 Å². The summed E-state index contributed by atoms with van der Waals surface area (Å²) in [7, 11) is 0. The van der Waals surface area contributed by atoms with E-state index in [2.05, 4.69) is 15.0 Å². The summed E-state index contributed by atoms with van der Waals surface area (Å²) < 4.78 is 87.6. The molecule has 34 heavy (non-hydrogen) atoms. The number of halogens is 7. The Hall–Kier alpha value is -3.67. The second-order valence-corrected chi connectivity index (χ2v) is 7.29. The first kappa shape index (κ1) is 23.5. The SMILES string of the molecule is O=C(NCc1ccc(OC(F)(F)F)cc1)c1nc2c(C(F)(F)F)cc(-c3ccco3)cn2c1Cl. The van der Waals surface area contributed by atoms with Crippen molar-refractivity contribution in [2.24, 2.45) is 0 Å². The predicted molar refractivity (Wildman–Crippen MR) is 107 cm³/mol. The molecule has 0 aliphatic carbocycles. The van der Waals surface area contributed by atoms with Gasteiger partial charge in [0.2, 0.25) is 0 Å². The molecule has 0 unspecified atom stereocenters. The van der Waals surface area contributed by atoms with Crippen LogP contribution < -0.4 is 10.1 Å². The molecule has 1 amide bonds. The Kier molecular flexibility index (Phi) is 5.94. The topological polar surface area (TPSA) is 68.8 Å². The number of hydrogen-bond acceptors (Lipinski definition) is 4. The first-order valence-corrected chi connectivity index (χ1v) is 9.76. The highest BCUT2D eigenvalue weighted by Crippen LogP contribution is 2.37. The highest BCUT2D eigenvalue weighted by molar-refractivity contribution is 6.33. The molecule has 13 heteroatoms. The normalized spacial score (nSPS) is 12.2. The van der Waals surface area contributed by atoms with E-state index >= 15 is 0 Å². The largest absolute Gasteiger partial charge is 0.573 e. The van der Waals surface area contributed by atoms with Gasteiger partial charge in [0.15, 0.2) is 11.3 Å². The number of alkyl halides is 6. The Bertz CT molecular complexity index is 1330. The fourth-order valence-electron chi connectivity index (χ4n) is 3.12. The van der Waals surface area contributed by atoms with Crippen molar-refractivity contribution in [3.05, 3.63) is 76.9 Å². The molecule has 6 nitrogen and oxygen atoms in total. The third kappa shape index (κ3) is 4.96. The van der Waals surface area contributed by atoms with Gasteiger partial charge in [-0.1, -0.05) is 23.7 Å². The quantitative estimate of drug-likeness (QED) is 0.334. The molecule has 3 heterocycles. The lowest BCUT2D eigenvalue weighted by molar-refractivity contribution is -0.274. The zero-order valence-corrected chi connectivity index (χ0v) is 17.4. The molecular weight excluding hydrogens is 492 g/mol. The van der Waals surface area contributed by atoms with Gasteiger partial charge in [0.05, 0.1) is 11.8 Å². The molecule has 4 rings (SSSR count). The summed E-state index contributed by atoms with van der Waals surface area (Å²) in [6.07, 6.45) is -7.09. The third-order valence-electron chi connectivity index (χ3n) is 4.60. The monoisotopic (exact) mass is 503 g/mol. The van der Waals surface area contributed by atoms with E-state index in [1.807, 2.05) is 0 Å². The molecule has 0 aliphatic heterocycles. The number of carbonyl (C=O) groups is 1. The number of imidazole rings is 1. The summed E-state index contributed by atoms with van der Waals surface area (Å²) in [5.74, 6) is -1.17. The van der Waals surface area contributed by atoms with Crippen molar-refractivity contribution in [1.82, 2.24) is 14.7 Å². The van der Waals surface area contributed by atoms with Crippen LogP contribution in [0.4, 0.5) is 26.3 Å². The van der Waals surface area contributed by atoms with Crippen molar-refractivity contribution in [2.75, 3.05) is 0 Å². The van der Waals surface area contributed by atoms with E-state index < -0.39 is 41.1 Å². The van der Waals surface area contributed by atoms with Crippen LogP contribution in [0.25, 0.3) is 17.0 Å². The van der Waals surface area contributed by atoms with E-state index in [0.29, 0.717) is 5.56 Å². The number of rotatable bonds is 5. The van der Waals surface area contributed by atoms with E-state index in [-0.39, 0.29) is 23.0 Å². The molecule has 0 saturated heterocycles. The molecule has 0 radical (unpaired) electrons. The maximum atomic E-state index is 13.7. The fraction of sp³-hybridized carbons (Fsp3) is 0.143. The summed E-state index contributed by atoms with van der Waals surface area (Å²) in [5.41, 5.74) is -1.69. The lowest BCUT2D eigenvalue weighted by Crippen LogP contribution is -2.23. The van der Waals surface area contributed by atoms with Crippen molar-refractivity contribution in [3.63, 3.8) is 0 Å². The molecule has 0 bridgehead atoms. The molecule has 0 atom stereocenters. The molecule has 1 aromatic carbocycles. The van der Waals surface area contributed by atoms with Crippen molar-refractivity contribution < 1.29 is 40.3 Å². The minimum absolute atomic E-state index is 0.0669. The maximum absolute atomic E-state index is 13.7. The van der Waals surface area contributed by atoms with Crippen molar-refractivity contribution >= 4 is 23.2 Å². The molecule has 178 valence electrons. The standard InChI is InChI=1S/C21H12ClF6N3O3/c22-17-16(19(32)29-9-11-3-5-13(6-4-11)34-21(26,27)28)30-18-14(20(23,24)25)8-12(10-31(17)18)15-2-1-7-33-15/h1-8,10H,9H2,(H,29,32). The van der Waals surface area contributed by atoms with Crippen molar-refractivity contribution in [3.8, 4) is 17.1 Å². The van der Waals surface area contributed by atoms with Gasteiger partial charge in [0.25, 0.3) is 5.91 Å². The number of ether oxygens (including phenoxy) is 1. The van der Waals surface area contributed by atoms with Crippen molar-refractivity contribution in [2.45, 2.75) is 19.1 Å². The summed E-state index contributed by atoms with van der Waals surface area (Å²) in [4.78, 5) is 16.4. The maximum Gasteiger partial charge on any atom is 0.573 e. The number of amides is 1. The molecule has 0 spiro atoms. The average Bonchev–Trinajstić information content (AvgIpc) is 3.39. The Balaban J connectivity index is 1.60. The van der Waals surface area contributed by atoms with Gasteiger partial charge in [-0.05, 0) is 35.9 Å². The highest BCUT2D eigenvalue weighted by Gasteiger charge is 2.36. The minimum Gasteiger partial charge on any atom is -0.464 e. The minimum atomic E-state index is -4.85. The molecule has 0 fully saturated rings. The number of fused-ring (bicyclic) bond motifs is 1. The van der Waals surface area contributed by atoms with E-state index in [9.17, 15) is 31.1 Å². The van der Waals surface area contributed by atoms with E-state index in [0.717, 1.165) is 22.6 Å². The molecule has 4 aromatic rings. The Morgan fingerprint density at radius 1 is 1.12 bits per heavy atom. The summed E-state index contributed by atoms with van der Waals surface area (Å²) in [5, 5.41) is 2.06. The number of nitrogens with one attached hydrogen (secondary N) is 1. The van der Waals surface area contributed by atoms with Gasteiger partial charge in [-0.2, -0.15) is 13.2 Å². The van der Waals surface area contributed by atoms with E-state index in [1.165, 1.54) is 36.7 Å². The van der Waals surface area contributed by atoms with Crippen LogP contribution in [0.1, 0.15) is 21.6 Å².